The van der Waals surface area contributed by atoms with Gasteiger partial charge in [0.1, 0.15) is 10.7 Å². The molecule has 0 fully saturated rings. The van der Waals surface area contributed by atoms with E-state index in [-0.39, 0.29) is 16.7 Å². The summed E-state index contributed by atoms with van der Waals surface area (Å²) in [6, 6.07) is 7.70. The number of aromatic amines is 2. The first-order valence-corrected chi connectivity index (χ1v) is 10.8. The SMILES string of the molecule is Cc1sc2nc(CSC(C)C(=O)Nc3cccc4[nH]ccc34)[nH]c(=O)c2c1C. The normalized spacial score (nSPS) is 12.5. The third kappa shape index (κ3) is 3.45. The average Bonchev–Trinajstić information content (AvgIpc) is 3.25. The van der Waals surface area contributed by atoms with Crippen LogP contribution in [0.25, 0.3) is 21.1 Å². The van der Waals surface area contributed by atoms with Crippen molar-refractivity contribution in [3.05, 3.63) is 57.1 Å². The molecule has 1 atom stereocenters. The number of carbonyl (C=O) groups is 1. The van der Waals surface area contributed by atoms with Gasteiger partial charge in [0.25, 0.3) is 5.56 Å². The summed E-state index contributed by atoms with van der Waals surface area (Å²) in [5.41, 5.74) is 2.64. The summed E-state index contributed by atoms with van der Waals surface area (Å²) in [5, 5.41) is 4.35. The van der Waals surface area contributed by atoms with Crippen LogP contribution >= 0.6 is 23.1 Å². The lowest BCUT2D eigenvalue weighted by molar-refractivity contribution is -0.115. The summed E-state index contributed by atoms with van der Waals surface area (Å²) >= 11 is 2.97. The van der Waals surface area contributed by atoms with Crippen molar-refractivity contribution in [2.24, 2.45) is 0 Å². The van der Waals surface area contributed by atoms with E-state index in [9.17, 15) is 9.59 Å². The molecule has 3 aromatic heterocycles. The van der Waals surface area contributed by atoms with E-state index in [2.05, 4.69) is 20.3 Å². The topological polar surface area (TPSA) is 90.6 Å². The molecule has 0 spiro atoms. The molecule has 1 amide bonds. The smallest absolute Gasteiger partial charge is 0.259 e. The number of fused-ring (bicyclic) bond motifs is 2. The number of anilines is 1. The predicted octanol–water partition coefficient (Wildman–Crippen LogP) is 4.34. The summed E-state index contributed by atoms with van der Waals surface area (Å²) in [6.07, 6.45) is 1.85. The monoisotopic (exact) mass is 412 g/mol. The molecule has 8 heteroatoms. The number of nitrogens with zero attached hydrogens (tertiary/aromatic N) is 1. The van der Waals surface area contributed by atoms with Crippen molar-refractivity contribution < 1.29 is 4.79 Å². The van der Waals surface area contributed by atoms with Crippen molar-refractivity contribution in [2.75, 3.05) is 5.32 Å². The first kappa shape index (κ1) is 18.8. The number of thioether (sulfide) groups is 1. The van der Waals surface area contributed by atoms with Crippen LogP contribution in [0.5, 0.6) is 0 Å². The quantitative estimate of drug-likeness (QED) is 0.455. The van der Waals surface area contributed by atoms with Crippen molar-refractivity contribution in [2.45, 2.75) is 31.8 Å². The Morgan fingerprint density at radius 2 is 2.14 bits per heavy atom. The molecule has 0 aliphatic rings. The van der Waals surface area contributed by atoms with Crippen LogP contribution in [0.4, 0.5) is 5.69 Å². The van der Waals surface area contributed by atoms with Gasteiger partial charge in [0.15, 0.2) is 0 Å². The van der Waals surface area contributed by atoms with Gasteiger partial charge < -0.3 is 15.3 Å². The molecule has 0 aliphatic heterocycles. The van der Waals surface area contributed by atoms with E-state index in [1.165, 1.54) is 23.1 Å². The second-order valence-corrected chi connectivity index (χ2v) is 9.20. The highest BCUT2D eigenvalue weighted by atomic mass is 32.2. The Morgan fingerprint density at radius 1 is 1.32 bits per heavy atom. The van der Waals surface area contributed by atoms with Crippen LogP contribution in [0.2, 0.25) is 0 Å². The fourth-order valence-corrected chi connectivity index (χ4v) is 4.88. The third-order valence-corrected chi connectivity index (χ3v) is 7.04. The number of aromatic nitrogens is 3. The van der Waals surface area contributed by atoms with E-state index in [1.807, 2.05) is 51.2 Å². The summed E-state index contributed by atoms with van der Waals surface area (Å²) in [5.74, 6) is 0.977. The molecule has 0 aliphatic carbocycles. The maximum Gasteiger partial charge on any atom is 0.259 e. The Hall–Kier alpha value is -2.58. The molecule has 1 aromatic carbocycles. The largest absolute Gasteiger partial charge is 0.361 e. The van der Waals surface area contributed by atoms with E-state index < -0.39 is 0 Å². The lowest BCUT2D eigenvalue weighted by Gasteiger charge is -2.12. The zero-order valence-electron chi connectivity index (χ0n) is 15.8. The molecule has 6 nitrogen and oxygen atoms in total. The van der Waals surface area contributed by atoms with E-state index >= 15 is 0 Å². The Balaban J connectivity index is 1.46. The number of rotatable bonds is 5. The lowest BCUT2D eigenvalue weighted by Crippen LogP contribution is -2.23. The number of H-pyrrole nitrogens is 2. The second-order valence-electron chi connectivity index (χ2n) is 6.66. The minimum Gasteiger partial charge on any atom is -0.361 e. The summed E-state index contributed by atoms with van der Waals surface area (Å²) in [6.45, 7) is 5.79. The predicted molar refractivity (Wildman–Crippen MR) is 117 cm³/mol. The van der Waals surface area contributed by atoms with Gasteiger partial charge in [-0.2, -0.15) is 0 Å². The van der Waals surface area contributed by atoms with Crippen molar-refractivity contribution in [3.8, 4) is 0 Å². The van der Waals surface area contributed by atoms with Crippen LogP contribution in [0, 0.1) is 13.8 Å². The number of amides is 1. The number of aryl methyl sites for hydroxylation is 2. The number of hydrogen-bond donors (Lipinski definition) is 3. The summed E-state index contributed by atoms with van der Waals surface area (Å²) in [4.78, 5) is 37.4. The molecule has 0 bridgehead atoms. The first-order chi connectivity index (χ1) is 13.4. The van der Waals surface area contributed by atoms with Gasteiger partial charge in [-0.15, -0.1) is 23.1 Å². The van der Waals surface area contributed by atoms with Crippen LogP contribution < -0.4 is 10.9 Å². The highest BCUT2D eigenvalue weighted by molar-refractivity contribution is 7.99. The van der Waals surface area contributed by atoms with Crippen molar-refractivity contribution in [1.29, 1.82) is 0 Å². The van der Waals surface area contributed by atoms with Gasteiger partial charge in [-0.1, -0.05) is 6.07 Å². The number of thiophene rings is 1. The van der Waals surface area contributed by atoms with Crippen LogP contribution in [0.3, 0.4) is 0 Å². The molecule has 1 unspecified atom stereocenters. The van der Waals surface area contributed by atoms with Crippen LogP contribution in [-0.2, 0) is 10.5 Å². The Bertz CT molecular complexity index is 1240. The van der Waals surface area contributed by atoms with Gasteiger partial charge in [0, 0.05) is 22.0 Å². The maximum absolute atomic E-state index is 12.6. The van der Waals surface area contributed by atoms with Gasteiger partial charge in [0.05, 0.1) is 22.1 Å². The molecule has 4 aromatic rings. The molecule has 4 rings (SSSR count). The zero-order chi connectivity index (χ0) is 19.8. The summed E-state index contributed by atoms with van der Waals surface area (Å²) < 4.78 is 0. The lowest BCUT2D eigenvalue weighted by atomic mass is 10.2. The van der Waals surface area contributed by atoms with E-state index in [1.54, 1.807) is 0 Å². The molecule has 0 radical (unpaired) electrons. The molecule has 28 heavy (non-hydrogen) atoms. The van der Waals surface area contributed by atoms with Gasteiger partial charge in [0.2, 0.25) is 5.91 Å². The van der Waals surface area contributed by atoms with Gasteiger partial charge in [-0.25, -0.2) is 4.98 Å². The fourth-order valence-electron chi connectivity index (χ4n) is 3.08. The Kier molecular flexibility index (Phi) is 4.99. The molecule has 144 valence electrons. The van der Waals surface area contributed by atoms with Gasteiger partial charge in [-0.05, 0) is 44.5 Å². The van der Waals surface area contributed by atoms with Crippen LogP contribution in [-0.4, -0.2) is 26.1 Å². The van der Waals surface area contributed by atoms with Gasteiger partial charge >= 0.3 is 0 Å². The Labute approximate surface area is 169 Å². The van der Waals surface area contributed by atoms with Crippen molar-refractivity contribution in [1.82, 2.24) is 15.0 Å². The number of nitrogens with one attached hydrogen (secondary N) is 3. The van der Waals surface area contributed by atoms with E-state index in [4.69, 9.17) is 0 Å². The molecule has 3 heterocycles. The first-order valence-electron chi connectivity index (χ1n) is 8.91. The van der Waals surface area contributed by atoms with Crippen LogP contribution in [0.15, 0.2) is 35.3 Å². The maximum atomic E-state index is 12.6. The third-order valence-electron chi connectivity index (χ3n) is 4.78. The molecular formula is C20H20N4O2S2. The molecular weight excluding hydrogens is 392 g/mol. The van der Waals surface area contributed by atoms with Crippen molar-refractivity contribution in [3.63, 3.8) is 0 Å². The fraction of sp³-hybridized carbons (Fsp3) is 0.250. The molecule has 0 saturated heterocycles. The molecule has 0 saturated carbocycles. The van der Waals surface area contributed by atoms with E-state index in [0.717, 1.165) is 31.9 Å². The zero-order valence-corrected chi connectivity index (χ0v) is 17.4. The van der Waals surface area contributed by atoms with Gasteiger partial charge in [-0.3, -0.25) is 9.59 Å². The average molecular weight is 413 g/mol. The standard InChI is InChI=1S/C20H20N4O2S2/c1-10-11(2)28-20-17(10)19(26)23-16(24-20)9-27-12(3)18(25)22-15-6-4-5-14-13(15)7-8-21-14/h4-8,12,21H,9H2,1-3H3,(H,22,25)(H,23,24,26). The Morgan fingerprint density at radius 3 is 2.96 bits per heavy atom. The number of carbonyl (C=O) groups excluding carboxylic acids is 1. The highest BCUT2D eigenvalue weighted by Gasteiger charge is 2.17. The van der Waals surface area contributed by atoms with Crippen molar-refractivity contribution >= 4 is 55.8 Å². The van der Waals surface area contributed by atoms with E-state index in [0.29, 0.717) is 17.0 Å². The number of benzene rings is 1. The minimum atomic E-state index is -0.290. The number of hydrogen-bond acceptors (Lipinski definition) is 5. The second kappa shape index (κ2) is 7.44. The highest BCUT2D eigenvalue weighted by Crippen LogP contribution is 2.27. The molecule has 3 N–H and O–H groups in total. The summed E-state index contributed by atoms with van der Waals surface area (Å²) in [7, 11) is 0. The van der Waals surface area contributed by atoms with Crippen LogP contribution in [0.1, 0.15) is 23.2 Å². The minimum absolute atomic E-state index is 0.0788.